The van der Waals surface area contributed by atoms with E-state index in [2.05, 4.69) is 22.2 Å². The topological polar surface area (TPSA) is 37.8 Å². The van der Waals surface area contributed by atoms with Crippen molar-refractivity contribution in [2.75, 3.05) is 5.32 Å². The van der Waals surface area contributed by atoms with Gasteiger partial charge in [-0.15, -0.1) is 0 Å². The van der Waals surface area contributed by atoms with Crippen molar-refractivity contribution in [1.29, 1.82) is 0 Å². The minimum absolute atomic E-state index is 0.277. The molecule has 0 bridgehead atoms. The number of hydrogen-bond donors (Lipinski definition) is 1. The first-order chi connectivity index (χ1) is 9.63. The summed E-state index contributed by atoms with van der Waals surface area (Å²) in [7, 11) is 0. The summed E-state index contributed by atoms with van der Waals surface area (Å²) < 4.78 is 13.2. The first-order valence-corrected chi connectivity index (χ1v) is 6.38. The number of halogens is 1. The molecular formula is C16H14FN3. The van der Waals surface area contributed by atoms with Crippen molar-refractivity contribution in [2.45, 2.75) is 13.8 Å². The third kappa shape index (κ3) is 2.32. The zero-order valence-electron chi connectivity index (χ0n) is 11.3. The minimum atomic E-state index is -0.277. The van der Waals surface area contributed by atoms with Crippen molar-refractivity contribution in [3.05, 3.63) is 59.7 Å². The van der Waals surface area contributed by atoms with Crippen LogP contribution in [0.2, 0.25) is 0 Å². The van der Waals surface area contributed by atoms with E-state index in [-0.39, 0.29) is 5.82 Å². The van der Waals surface area contributed by atoms with Crippen LogP contribution in [0.25, 0.3) is 10.9 Å². The number of aryl methyl sites for hydroxylation is 2. The molecule has 0 saturated heterocycles. The Balaban J connectivity index is 2.09. The molecule has 2 aromatic carbocycles. The van der Waals surface area contributed by atoms with Crippen molar-refractivity contribution < 1.29 is 4.39 Å². The molecule has 20 heavy (non-hydrogen) atoms. The molecule has 0 radical (unpaired) electrons. The van der Waals surface area contributed by atoms with E-state index < -0.39 is 0 Å². The van der Waals surface area contributed by atoms with E-state index in [4.69, 9.17) is 0 Å². The lowest BCUT2D eigenvalue weighted by atomic mass is 10.1. The fourth-order valence-electron chi connectivity index (χ4n) is 2.12. The van der Waals surface area contributed by atoms with Gasteiger partial charge in [0.05, 0.1) is 5.52 Å². The number of rotatable bonds is 2. The monoisotopic (exact) mass is 267 g/mol. The molecule has 4 heteroatoms. The quantitative estimate of drug-likeness (QED) is 0.758. The average molecular weight is 267 g/mol. The summed E-state index contributed by atoms with van der Waals surface area (Å²) in [6, 6.07) is 10.4. The van der Waals surface area contributed by atoms with Gasteiger partial charge in [-0.3, -0.25) is 0 Å². The third-order valence-electron chi connectivity index (χ3n) is 3.34. The van der Waals surface area contributed by atoms with E-state index in [0.717, 1.165) is 10.9 Å². The second kappa shape index (κ2) is 4.89. The Kier molecular flexibility index (Phi) is 3.06. The smallest absolute Gasteiger partial charge is 0.141 e. The molecule has 0 saturated carbocycles. The number of hydrogen-bond acceptors (Lipinski definition) is 3. The van der Waals surface area contributed by atoms with Gasteiger partial charge in [-0.25, -0.2) is 14.4 Å². The van der Waals surface area contributed by atoms with Crippen LogP contribution in [0.5, 0.6) is 0 Å². The van der Waals surface area contributed by atoms with Crippen LogP contribution in [0.15, 0.2) is 42.7 Å². The highest BCUT2D eigenvalue weighted by Crippen LogP contribution is 2.25. The van der Waals surface area contributed by atoms with Gasteiger partial charge in [0.2, 0.25) is 0 Å². The molecule has 0 fully saturated rings. The van der Waals surface area contributed by atoms with E-state index in [1.54, 1.807) is 12.1 Å². The van der Waals surface area contributed by atoms with Gasteiger partial charge in [-0.1, -0.05) is 6.07 Å². The van der Waals surface area contributed by atoms with Crippen molar-refractivity contribution in [3.63, 3.8) is 0 Å². The maximum atomic E-state index is 13.2. The second-order valence-corrected chi connectivity index (χ2v) is 4.81. The molecule has 1 N–H and O–H groups in total. The van der Waals surface area contributed by atoms with Gasteiger partial charge in [0.15, 0.2) is 0 Å². The first kappa shape index (κ1) is 12.5. The number of nitrogens with one attached hydrogen (secondary N) is 1. The molecule has 0 aliphatic carbocycles. The molecule has 3 nitrogen and oxygen atoms in total. The number of fused-ring (bicyclic) bond motifs is 1. The molecule has 0 spiro atoms. The number of nitrogens with zero attached hydrogens (tertiary/aromatic N) is 2. The van der Waals surface area contributed by atoms with E-state index >= 15 is 0 Å². The van der Waals surface area contributed by atoms with Gasteiger partial charge in [0.25, 0.3) is 0 Å². The zero-order valence-corrected chi connectivity index (χ0v) is 11.3. The highest BCUT2D eigenvalue weighted by Gasteiger charge is 2.06. The zero-order chi connectivity index (χ0) is 14.1. The summed E-state index contributed by atoms with van der Waals surface area (Å²) in [5.74, 6) is 0.407. The predicted octanol–water partition coefficient (Wildman–Crippen LogP) is 4.13. The molecule has 0 amide bonds. The standard InChI is InChI=1S/C16H14FN3/c1-10-6-14-15(7-11(10)2)18-9-19-16(14)20-13-5-3-4-12(17)8-13/h3-9H,1-2H3,(H,18,19,20). The lowest BCUT2D eigenvalue weighted by Gasteiger charge is -2.10. The predicted molar refractivity (Wildman–Crippen MR) is 78.7 cm³/mol. The molecule has 0 unspecified atom stereocenters. The minimum Gasteiger partial charge on any atom is -0.340 e. The van der Waals surface area contributed by atoms with Gasteiger partial charge < -0.3 is 5.32 Å². The molecule has 100 valence electrons. The van der Waals surface area contributed by atoms with E-state index in [9.17, 15) is 4.39 Å². The van der Waals surface area contributed by atoms with Gasteiger partial charge in [0.1, 0.15) is 18.0 Å². The van der Waals surface area contributed by atoms with Gasteiger partial charge in [-0.05, 0) is 55.3 Å². The normalized spacial score (nSPS) is 10.8. The fraction of sp³-hybridized carbons (Fsp3) is 0.125. The molecule has 3 aromatic rings. The Morgan fingerprint density at radius 1 is 1.00 bits per heavy atom. The SMILES string of the molecule is Cc1cc2ncnc(Nc3cccc(F)c3)c2cc1C. The Hall–Kier alpha value is -2.49. The molecule has 1 aromatic heterocycles. The summed E-state index contributed by atoms with van der Waals surface area (Å²) >= 11 is 0. The van der Waals surface area contributed by atoms with E-state index in [1.807, 2.05) is 19.1 Å². The Labute approximate surface area is 116 Å². The average Bonchev–Trinajstić information content (AvgIpc) is 2.41. The Morgan fingerprint density at radius 2 is 1.80 bits per heavy atom. The molecule has 0 aliphatic heterocycles. The number of anilines is 2. The lowest BCUT2D eigenvalue weighted by molar-refractivity contribution is 0.628. The van der Waals surface area contributed by atoms with Crippen LogP contribution in [0, 0.1) is 19.7 Å². The second-order valence-electron chi connectivity index (χ2n) is 4.81. The Morgan fingerprint density at radius 3 is 2.60 bits per heavy atom. The molecule has 1 heterocycles. The lowest BCUT2D eigenvalue weighted by Crippen LogP contribution is -1.97. The van der Waals surface area contributed by atoms with Crippen LogP contribution >= 0.6 is 0 Å². The largest absolute Gasteiger partial charge is 0.340 e. The first-order valence-electron chi connectivity index (χ1n) is 6.38. The maximum Gasteiger partial charge on any atom is 0.141 e. The van der Waals surface area contributed by atoms with Crippen LogP contribution in [-0.2, 0) is 0 Å². The highest BCUT2D eigenvalue weighted by atomic mass is 19.1. The van der Waals surface area contributed by atoms with Crippen molar-refractivity contribution in [1.82, 2.24) is 9.97 Å². The van der Waals surface area contributed by atoms with Crippen LogP contribution < -0.4 is 5.32 Å². The third-order valence-corrected chi connectivity index (χ3v) is 3.34. The van der Waals surface area contributed by atoms with Crippen molar-refractivity contribution in [3.8, 4) is 0 Å². The van der Waals surface area contributed by atoms with Crippen LogP contribution in [0.1, 0.15) is 11.1 Å². The van der Waals surface area contributed by atoms with Crippen molar-refractivity contribution >= 4 is 22.4 Å². The number of benzene rings is 2. The van der Waals surface area contributed by atoms with Crippen LogP contribution in [0.4, 0.5) is 15.9 Å². The summed E-state index contributed by atoms with van der Waals surface area (Å²) in [6.45, 7) is 4.10. The van der Waals surface area contributed by atoms with E-state index in [1.165, 1.54) is 29.6 Å². The number of aromatic nitrogens is 2. The molecule has 0 atom stereocenters. The van der Waals surface area contributed by atoms with E-state index in [0.29, 0.717) is 11.5 Å². The van der Waals surface area contributed by atoms with Crippen LogP contribution in [0.3, 0.4) is 0 Å². The van der Waals surface area contributed by atoms with Crippen LogP contribution in [-0.4, -0.2) is 9.97 Å². The summed E-state index contributed by atoms with van der Waals surface area (Å²) in [5.41, 5.74) is 3.91. The molecular weight excluding hydrogens is 253 g/mol. The summed E-state index contributed by atoms with van der Waals surface area (Å²) in [4.78, 5) is 8.54. The van der Waals surface area contributed by atoms with Gasteiger partial charge in [-0.2, -0.15) is 0 Å². The highest BCUT2D eigenvalue weighted by molar-refractivity contribution is 5.91. The summed E-state index contributed by atoms with van der Waals surface area (Å²) in [6.07, 6.45) is 1.51. The Bertz CT molecular complexity index is 784. The maximum absolute atomic E-state index is 13.2. The fourth-order valence-corrected chi connectivity index (χ4v) is 2.12. The van der Waals surface area contributed by atoms with Crippen molar-refractivity contribution in [2.24, 2.45) is 0 Å². The van der Waals surface area contributed by atoms with Gasteiger partial charge >= 0.3 is 0 Å². The van der Waals surface area contributed by atoms with Gasteiger partial charge in [0, 0.05) is 11.1 Å². The molecule has 3 rings (SSSR count). The molecule has 0 aliphatic rings. The summed E-state index contributed by atoms with van der Waals surface area (Å²) in [5, 5.41) is 4.07.